The molecular formula is C17H18N2O2. The van der Waals surface area contributed by atoms with E-state index in [1.54, 1.807) is 12.4 Å². The predicted octanol–water partition coefficient (Wildman–Crippen LogP) is 2.13. The number of aryl methyl sites for hydroxylation is 1. The number of pyridine rings is 1. The molecule has 0 radical (unpaired) electrons. The number of para-hydroxylation sites is 1. The fraction of sp³-hybridized carbons (Fsp3) is 0.294. The number of rotatable bonds is 4. The van der Waals surface area contributed by atoms with Crippen molar-refractivity contribution >= 4 is 5.91 Å². The summed E-state index contributed by atoms with van der Waals surface area (Å²) in [5.74, 6) is 0.991. The Kier molecular flexibility index (Phi) is 4.15. The number of hydrogen-bond acceptors (Lipinski definition) is 3. The van der Waals surface area contributed by atoms with Crippen molar-refractivity contribution in [3.63, 3.8) is 0 Å². The molecule has 4 heteroatoms. The SMILES string of the molecule is O=C(CCc1cccnc1)N[C@@H]1COc2ccccc2C1. The summed E-state index contributed by atoms with van der Waals surface area (Å²) in [4.78, 5) is 16.1. The van der Waals surface area contributed by atoms with Crippen molar-refractivity contribution in [1.82, 2.24) is 10.3 Å². The average Bonchev–Trinajstić information content (AvgIpc) is 2.54. The molecule has 0 bridgehead atoms. The van der Waals surface area contributed by atoms with Crippen LogP contribution in [0.3, 0.4) is 0 Å². The number of amides is 1. The van der Waals surface area contributed by atoms with Crippen molar-refractivity contribution in [1.29, 1.82) is 0 Å². The maximum Gasteiger partial charge on any atom is 0.220 e. The van der Waals surface area contributed by atoms with Gasteiger partial charge in [-0.25, -0.2) is 0 Å². The molecule has 1 aromatic carbocycles. The third-order valence-corrected chi connectivity index (χ3v) is 3.61. The molecule has 1 N–H and O–H groups in total. The molecule has 1 aliphatic heterocycles. The van der Waals surface area contributed by atoms with Crippen LogP contribution in [0.4, 0.5) is 0 Å². The third kappa shape index (κ3) is 3.60. The molecule has 1 amide bonds. The average molecular weight is 282 g/mol. The Morgan fingerprint density at radius 1 is 1.29 bits per heavy atom. The summed E-state index contributed by atoms with van der Waals surface area (Å²) in [6, 6.07) is 11.9. The highest BCUT2D eigenvalue weighted by molar-refractivity contribution is 5.76. The van der Waals surface area contributed by atoms with Crippen LogP contribution in [0.5, 0.6) is 5.75 Å². The van der Waals surface area contributed by atoms with E-state index < -0.39 is 0 Å². The molecule has 2 aromatic rings. The van der Waals surface area contributed by atoms with Gasteiger partial charge < -0.3 is 10.1 Å². The molecule has 1 aliphatic rings. The van der Waals surface area contributed by atoms with E-state index in [0.29, 0.717) is 19.4 Å². The quantitative estimate of drug-likeness (QED) is 0.934. The lowest BCUT2D eigenvalue weighted by atomic mass is 10.0. The maximum absolute atomic E-state index is 12.0. The van der Waals surface area contributed by atoms with E-state index in [4.69, 9.17) is 4.74 Å². The molecule has 0 fully saturated rings. The monoisotopic (exact) mass is 282 g/mol. The lowest BCUT2D eigenvalue weighted by molar-refractivity contribution is -0.122. The highest BCUT2D eigenvalue weighted by Gasteiger charge is 2.20. The minimum Gasteiger partial charge on any atom is -0.491 e. The highest BCUT2D eigenvalue weighted by atomic mass is 16.5. The molecule has 0 saturated heterocycles. The van der Waals surface area contributed by atoms with E-state index >= 15 is 0 Å². The minimum absolute atomic E-state index is 0.0568. The van der Waals surface area contributed by atoms with Crippen LogP contribution < -0.4 is 10.1 Å². The van der Waals surface area contributed by atoms with Gasteiger partial charge in [0, 0.05) is 18.8 Å². The van der Waals surface area contributed by atoms with Crippen LogP contribution in [-0.2, 0) is 17.6 Å². The fourth-order valence-electron chi connectivity index (χ4n) is 2.52. The van der Waals surface area contributed by atoms with E-state index in [1.165, 1.54) is 0 Å². The van der Waals surface area contributed by atoms with Crippen molar-refractivity contribution in [2.24, 2.45) is 0 Å². The van der Waals surface area contributed by atoms with E-state index in [0.717, 1.165) is 23.3 Å². The lowest BCUT2D eigenvalue weighted by Crippen LogP contribution is -2.42. The Morgan fingerprint density at radius 2 is 2.19 bits per heavy atom. The summed E-state index contributed by atoms with van der Waals surface area (Å²) in [6.07, 6.45) is 5.55. The molecule has 2 heterocycles. The van der Waals surface area contributed by atoms with Gasteiger partial charge in [0.2, 0.25) is 5.91 Å². The van der Waals surface area contributed by atoms with Gasteiger partial charge in [-0.05, 0) is 36.1 Å². The maximum atomic E-state index is 12.0. The van der Waals surface area contributed by atoms with Gasteiger partial charge in [-0.2, -0.15) is 0 Å². The van der Waals surface area contributed by atoms with Crippen molar-refractivity contribution in [2.45, 2.75) is 25.3 Å². The molecule has 21 heavy (non-hydrogen) atoms. The number of benzene rings is 1. The summed E-state index contributed by atoms with van der Waals surface area (Å²) >= 11 is 0. The van der Waals surface area contributed by atoms with E-state index in [2.05, 4.69) is 10.3 Å². The van der Waals surface area contributed by atoms with Crippen LogP contribution in [-0.4, -0.2) is 23.5 Å². The molecule has 0 spiro atoms. The zero-order valence-corrected chi connectivity index (χ0v) is 11.8. The first-order chi connectivity index (χ1) is 10.3. The number of aromatic nitrogens is 1. The van der Waals surface area contributed by atoms with E-state index in [9.17, 15) is 4.79 Å². The largest absolute Gasteiger partial charge is 0.491 e. The Hall–Kier alpha value is -2.36. The molecule has 1 atom stereocenters. The molecular weight excluding hydrogens is 264 g/mol. The first-order valence-corrected chi connectivity index (χ1v) is 7.20. The van der Waals surface area contributed by atoms with E-state index in [-0.39, 0.29) is 11.9 Å². The summed E-state index contributed by atoms with van der Waals surface area (Å²) in [5.41, 5.74) is 2.24. The minimum atomic E-state index is 0.0568. The molecule has 108 valence electrons. The molecule has 0 unspecified atom stereocenters. The Morgan fingerprint density at radius 3 is 3.05 bits per heavy atom. The van der Waals surface area contributed by atoms with Crippen molar-refractivity contribution in [2.75, 3.05) is 6.61 Å². The van der Waals surface area contributed by atoms with E-state index in [1.807, 2.05) is 36.4 Å². The predicted molar refractivity (Wildman–Crippen MR) is 80.1 cm³/mol. The van der Waals surface area contributed by atoms with Gasteiger partial charge in [-0.15, -0.1) is 0 Å². The fourth-order valence-corrected chi connectivity index (χ4v) is 2.52. The topological polar surface area (TPSA) is 51.2 Å². The van der Waals surface area contributed by atoms with Crippen molar-refractivity contribution in [3.05, 3.63) is 59.9 Å². The standard InChI is InChI=1S/C17H18N2O2/c20-17(8-7-13-4-3-9-18-11-13)19-15-10-14-5-1-2-6-16(14)21-12-15/h1-6,9,11,15H,7-8,10,12H2,(H,19,20)/t15-/m0/s1. The van der Waals surface area contributed by atoms with Crippen LogP contribution in [0.1, 0.15) is 17.5 Å². The second-order valence-electron chi connectivity index (χ2n) is 5.25. The molecule has 0 aliphatic carbocycles. The summed E-state index contributed by atoms with van der Waals surface area (Å²) < 4.78 is 5.68. The molecule has 4 nitrogen and oxygen atoms in total. The first-order valence-electron chi connectivity index (χ1n) is 7.20. The molecule has 0 saturated carbocycles. The van der Waals surface area contributed by atoms with Crippen LogP contribution in [0, 0.1) is 0 Å². The second kappa shape index (κ2) is 6.39. The normalized spacial score (nSPS) is 16.7. The summed E-state index contributed by atoms with van der Waals surface area (Å²) in [5, 5.41) is 3.05. The van der Waals surface area contributed by atoms with Crippen LogP contribution in [0.2, 0.25) is 0 Å². The third-order valence-electron chi connectivity index (χ3n) is 3.61. The molecule has 3 rings (SSSR count). The van der Waals surface area contributed by atoms with Gasteiger partial charge in [0.15, 0.2) is 0 Å². The van der Waals surface area contributed by atoms with Gasteiger partial charge in [0.25, 0.3) is 0 Å². The summed E-state index contributed by atoms with van der Waals surface area (Å²) in [7, 11) is 0. The number of fused-ring (bicyclic) bond motifs is 1. The Balaban J connectivity index is 1.50. The second-order valence-corrected chi connectivity index (χ2v) is 5.25. The number of nitrogens with zero attached hydrogens (tertiary/aromatic N) is 1. The van der Waals surface area contributed by atoms with Crippen LogP contribution in [0.25, 0.3) is 0 Å². The van der Waals surface area contributed by atoms with Gasteiger partial charge >= 0.3 is 0 Å². The van der Waals surface area contributed by atoms with Gasteiger partial charge in [0.1, 0.15) is 12.4 Å². The van der Waals surface area contributed by atoms with Gasteiger partial charge in [0.05, 0.1) is 6.04 Å². The van der Waals surface area contributed by atoms with Crippen LogP contribution in [0.15, 0.2) is 48.8 Å². The number of carbonyl (C=O) groups excluding carboxylic acids is 1. The summed E-state index contributed by atoms with van der Waals surface area (Å²) in [6.45, 7) is 0.537. The highest BCUT2D eigenvalue weighted by Crippen LogP contribution is 2.23. The number of carbonyl (C=O) groups is 1. The smallest absolute Gasteiger partial charge is 0.220 e. The Bertz CT molecular complexity index is 613. The van der Waals surface area contributed by atoms with Crippen LogP contribution >= 0.6 is 0 Å². The lowest BCUT2D eigenvalue weighted by Gasteiger charge is -2.26. The number of nitrogens with one attached hydrogen (secondary N) is 1. The number of hydrogen-bond donors (Lipinski definition) is 1. The van der Waals surface area contributed by atoms with Gasteiger partial charge in [-0.1, -0.05) is 24.3 Å². The van der Waals surface area contributed by atoms with Gasteiger partial charge in [-0.3, -0.25) is 9.78 Å². The van der Waals surface area contributed by atoms with Crippen molar-refractivity contribution < 1.29 is 9.53 Å². The zero-order chi connectivity index (χ0) is 14.5. The molecule has 1 aromatic heterocycles. The first kappa shape index (κ1) is 13.6. The van der Waals surface area contributed by atoms with Crippen molar-refractivity contribution in [3.8, 4) is 5.75 Å². The number of ether oxygens (including phenoxy) is 1. The zero-order valence-electron chi connectivity index (χ0n) is 11.8. The Labute approximate surface area is 124 Å².